The SMILES string of the molecule is Cc1cc(NC(=O)C2C=CC=C3CCC(C(=O)C(=O)N[C@H](C(N)=O)[C@@H](C)O)N32)ccc1F. The number of hydrogen-bond acceptors (Lipinski definition) is 6. The predicted molar refractivity (Wildman–Crippen MR) is 113 cm³/mol. The Bertz CT molecular complexity index is 1020. The minimum atomic E-state index is -1.41. The fraction of sp³-hybridized carbons (Fsp3) is 0.364. The first kappa shape index (κ1) is 23.1. The molecular weight excluding hydrogens is 419 g/mol. The molecular formula is C22H25FN4O5. The van der Waals surface area contributed by atoms with Crippen LogP contribution in [0.3, 0.4) is 0 Å². The van der Waals surface area contributed by atoms with Crippen LogP contribution in [0.2, 0.25) is 0 Å². The number of benzene rings is 1. The van der Waals surface area contributed by atoms with Gasteiger partial charge in [0.25, 0.3) is 11.8 Å². The van der Waals surface area contributed by atoms with Gasteiger partial charge in [-0.3, -0.25) is 19.2 Å². The van der Waals surface area contributed by atoms with Gasteiger partial charge in [-0.25, -0.2) is 4.39 Å². The molecule has 3 amide bonds. The summed E-state index contributed by atoms with van der Waals surface area (Å²) in [6.07, 6.45) is 4.56. The van der Waals surface area contributed by atoms with Crippen molar-refractivity contribution in [3.8, 4) is 0 Å². The van der Waals surface area contributed by atoms with E-state index in [1.54, 1.807) is 30.1 Å². The Morgan fingerprint density at radius 2 is 2.00 bits per heavy atom. The zero-order valence-corrected chi connectivity index (χ0v) is 17.7. The number of hydrogen-bond donors (Lipinski definition) is 4. The minimum Gasteiger partial charge on any atom is -0.391 e. The molecule has 0 bridgehead atoms. The number of carbonyl (C=O) groups excluding carboxylic acids is 4. The van der Waals surface area contributed by atoms with Gasteiger partial charge in [0, 0.05) is 11.4 Å². The lowest BCUT2D eigenvalue weighted by Crippen LogP contribution is -2.56. The summed E-state index contributed by atoms with van der Waals surface area (Å²) in [5, 5.41) is 14.5. The molecule has 10 heteroatoms. The number of aryl methyl sites for hydroxylation is 1. The lowest BCUT2D eigenvalue weighted by Gasteiger charge is -2.34. The number of allylic oxidation sites excluding steroid dienone is 3. The first-order valence-corrected chi connectivity index (χ1v) is 10.1. The Morgan fingerprint density at radius 3 is 2.62 bits per heavy atom. The van der Waals surface area contributed by atoms with E-state index in [1.807, 2.05) is 0 Å². The molecule has 0 spiro atoms. The third-order valence-electron chi connectivity index (χ3n) is 5.52. The molecule has 5 N–H and O–H groups in total. The van der Waals surface area contributed by atoms with E-state index in [4.69, 9.17) is 5.73 Å². The number of ketones is 1. The highest BCUT2D eigenvalue weighted by molar-refractivity contribution is 6.38. The molecule has 0 saturated carbocycles. The molecule has 32 heavy (non-hydrogen) atoms. The highest BCUT2D eigenvalue weighted by Crippen LogP contribution is 2.33. The molecule has 170 valence electrons. The van der Waals surface area contributed by atoms with Gasteiger partial charge in [-0.1, -0.05) is 12.2 Å². The van der Waals surface area contributed by atoms with E-state index in [9.17, 15) is 28.7 Å². The quantitative estimate of drug-likeness (QED) is 0.445. The number of aliphatic hydroxyl groups excluding tert-OH is 1. The molecule has 9 nitrogen and oxygen atoms in total. The standard InChI is InChI=1S/C22H25FN4O5/c1-11-10-13(6-8-15(11)23)25-21(31)17-5-3-4-14-7-9-16(27(14)17)19(29)22(32)26-18(12(2)28)20(24)30/h3-6,8,10,12,16-18,28H,7,9H2,1-2H3,(H2,24,30)(H,25,31)(H,26,32)/t12-,16?,17?,18+/m1/s1. The third kappa shape index (κ3) is 4.70. The van der Waals surface area contributed by atoms with E-state index in [2.05, 4.69) is 10.6 Å². The van der Waals surface area contributed by atoms with Crippen LogP contribution in [-0.2, 0) is 19.2 Å². The molecule has 2 aliphatic rings. The summed E-state index contributed by atoms with van der Waals surface area (Å²) in [7, 11) is 0. The Hall–Kier alpha value is -3.53. The number of carbonyl (C=O) groups is 4. The molecule has 0 radical (unpaired) electrons. The number of primary amides is 1. The first-order chi connectivity index (χ1) is 15.1. The number of nitrogens with one attached hydrogen (secondary N) is 2. The number of amides is 3. The smallest absolute Gasteiger partial charge is 0.290 e. The molecule has 2 aliphatic heterocycles. The normalized spacial score (nSPS) is 21.2. The van der Waals surface area contributed by atoms with E-state index in [1.165, 1.54) is 25.1 Å². The van der Waals surface area contributed by atoms with Gasteiger partial charge in [-0.05, 0) is 56.5 Å². The van der Waals surface area contributed by atoms with Crippen molar-refractivity contribution in [1.82, 2.24) is 10.2 Å². The van der Waals surface area contributed by atoms with Crippen molar-refractivity contribution in [3.63, 3.8) is 0 Å². The maximum absolute atomic E-state index is 13.5. The van der Waals surface area contributed by atoms with Crippen LogP contribution in [0.1, 0.15) is 25.3 Å². The number of anilines is 1. The van der Waals surface area contributed by atoms with E-state index in [0.29, 0.717) is 24.1 Å². The maximum atomic E-state index is 13.5. The molecule has 1 aromatic carbocycles. The molecule has 1 saturated heterocycles. The van der Waals surface area contributed by atoms with Crippen molar-refractivity contribution in [2.75, 3.05) is 5.32 Å². The van der Waals surface area contributed by atoms with Crippen LogP contribution >= 0.6 is 0 Å². The first-order valence-electron chi connectivity index (χ1n) is 10.1. The highest BCUT2D eigenvalue weighted by atomic mass is 19.1. The fourth-order valence-corrected chi connectivity index (χ4v) is 3.86. The summed E-state index contributed by atoms with van der Waals surface area (Å²) < 4.78 is 13.5. The van der Waals surface area contributed by atoms with Gasteiger partial charge in [-0.15, -0.1) is 0 Å². The van der Waals surface area contributed by atoms with Gasteiger partial charge < -0.3 is 26.4 Å². The Kier molecular flexibility index (Phi) is 6.73. The molecule has 2 heterocycles. The Morgan fingerprint density at radius 1 is 1.28 bits per heavy atom. The van der Waals surface area contributed by atoms with Crippen molar-refractivity contribution in [2.24, 2.45) is 5.73 Å². The average Bonchev–Trinajstić information content (AvgIpc) is 3.17. The Balaban J connectivity index is 1.77. The van der Waals surface area contributed by atoms with Gasteiger partial charge >= 0.3 is 0 Å². The van der Waals surface area contributed by atoms with Crippen molar-refractivity contribution in [1.29, 1.82) is 0 Å². The third-order valence-corrected chi connectivity index (χ3v) is 5.52. The number of aliphatic hydroxyl groups is 1. The van der Waals surface area contributed by atoms with Crippen molar-refractivity contribution >= 4 is 29.2 Å². The maximum Gasteiger partial charge on any atom is 0.290 e. The topological polar surface area (TPSA) is 142 Å². The van der Waals surface area contributed by atoms with Gasteiger partial charge in [-0.2, -0.15) is 0 Å². The van der Waals surface area contributed by atoms with Crippen LogP contribution in [0.25, 0.3) is 0 Å². The van der Waals surface area contributed by atoms with Gasteiger partial charge in [0.05, 0.1) is 12.1 Å². The number of fused-ring (bicyclic) bond motifs is 1. The summed E-state index contributed by atoms with van der Waals surface area (Å²) in [5.41, 5.74) is 6.66. The fourth-order valence-electron chi connectivity index (χ4n) is 3.86. The second-order valence-corrected chi connectivity index (χ2v) is 7.86. The zero-order valence-electron chi connectivity index (χ0n) is 17.7. The molecule has 0 aromatic heterocycles. The highest BCUT2D eigenvalue weighted by Gasteiger charge is 2.43. The summed E-state index contributed by atoms with van der Waals surface area (Å²) in [4.78, 5) is 51.3. The average molecular weight is 444 g/mol. The van der Waals surface area contributed by atoms with Crippen molar-refractivity contribution in [3.05, 3.63) is 53.5 Å². The van der Waals surface area contributed by atoms with E-state index < -0.39 is 53.6 Å². The number of rotatable bonds is 7. The number of Topliss-reactive ketones (excluding diaryl/α,β-unsaturated/α-hetero) is 1. The van der Waals surface area contributed by atoms with Crippen molar-refractivity contribution < 1.29 is 28.7 Å². The summed E-state index contributed by atoms with van der Waals surface area (Å²) in [6.45, 7) is 2.84. The van der Waals surface area contributed by atoms with E-state index >= 15 is 0 Å². The monoisotopic (exact) mass is 444 g/mol. The van der Waals surface area contributed by atoms with Gasteiger partial charge in [0.1, 0.15) is 17.9 Å². The molecule has 2 unspecified atom stereocenters. The largest absolute Gasteiger partial charge is 0.391 e. The molecule has 1 aromatic rings. The summed E-state index contributed by atoms with van der Waals surface area (Å²) >= 11 is 0. The van der Waals surface area contributed by atoms with Crippen LogP contribution in [0, 0.1) is 12.7 Å². The van der Waals surface area contributed by atoms with Gasteiger partial charge in [0.2, 0.25) is 11.7 Å². The molecule has 4 atom stereocenters. The summed E-state index contributed by atoms with van der Waals surface area (Å²) in [6, 6.07) is 0.967. The predicted octanol–water partition coefficient (Wildman–Crippen LogP) is 0.279. The van der Waals surface area contributed by atoms with E-state index in [0.717, 1.165) is 5.70 Å². The molecule has 1 fully saturated rings. The lowest BCUT2D eigenvalue weighted by atomic mass is 10.0. The summed E-state index contributed by atoms with van der Waals surface area (Å²) in [5.74, 6) is -3.72. The van der Waals surface area contributed by atoms with Crippen LogP contribution in [0.15, 0.2) is 42.1 Å². The van der Waals surface area contributed by atoms with Gasteiger partial charge in [0.15, 0.2) is 0 Å². The number of nitrogens with zero attached hydrogens (tertiary/aromatic N) is 1. The van der Waals surface area contributed by atoms with Crippen LogP contribution in [0.4, 0.5) is 10.1 Å². The van der Waals surface area contributed by atoms with Crippen LogP contribution in [0.5, 0.6) is 0 Å². The minimum absolute atomic E-state index is 0.301. The molecule has 3 rings (SSSR count). The van der Waals surface area contributed by atoms with Crippen molar-refractivity contribution in [2.45, 2.75) is 50.9 Å². The lowest BCUT2D eigenvalue weighted by molar-refractivity contribution is -0.142. The second-order valence-electron chi connectivity index (χ2n) is 7.86. The van der Waals surface area contributed by atoms with Crippen LogP contribution in [-0.4, -0.2) is 57.7 Å². The zero-order chi connectivity index (χ0) is 23.6. The Labute approximate surface area is 184 Å². The molecule has 0 aliphatic carbocycles. The van der Waals surface area contributed by atoms with E-state index in [-0.39, 0.29) is 0 Å². The number of halogens is 1. The second kappa shape index (κ2) is 9.31. The number of nitrogens with two attached hydrogens (primary N) is 1. The van der Waals surface area contributed by atoms with Crippen LogP contribution < -0.4 is 16.4 Å².